The zero-order valence-corrected chi connectivity index (χ0v) is 9.10. The van der Waals surface area contributed by atoms with Gasteiger partial charge in [-0.1, -0.05) is 0 Å². The highest BCUT2D eigenvalue weighted by molar-refractivity contribution is 5.81. The van der Waals surface area contributed by atoms with Crippen LogP contribution in [0.5, 0.6) is 0 Å². The number of carbonyl (C=O) groups excluding carboxylic acids is 1. The third kappa shape index (κ3) is 1.75. The smallest absolute Gasteiger partial charge is 0.249 e. The molecule has 0 bridgehead atoms. The predicted octanol–water partition coefficient (Wildman–Crippen LogP) is -0.748. The van der Waals surface area contributed by atoms with Crippen molar-refractivity contribution >= 4 is 5.91 Å². The lowest BCUT2D eigenvalue weighted by molar-refractivity contribution is -0.134. The molecule has 1 amide bonds. The molecule has 1 saturated heterocycles. The number of fused-ring (bicyclic) bond motifs is 1. The molecule has 0 spiro atoms. The minimum absolute atomic E-state index is 0.0329. The van der Waals surface area contributed by atoms with Gasteiger partial charge in [-0.15, -0.1) is 0 Å². The number of methoxy groups -OCH3 is 1. The molecular formula is C10H18N2O3. The van der Waals surface area contributed by atoms with E-state index >= 15 is 0 Å². The average molecular weight is 214 g/mol. The average Bonchev–Trinajstić information content (AvgIpc) is 2.68. The first-order valence-corrected chi connectivity index (χ1v) is 5.35. The highest BCUT2D eigenvalue weighted by Crippen LogP contribution is 2.37. The molecule has 5 heteroatoms. The van der Waals surface area contributed by atoms with Crippen molar-refractivity contribution in [2.24, 2.45) is 11.7 Å². The number of rotatable bonds is 3. The van der Waals surface area contributed by atoms with Gasteiger partial charge in [-0.05, 0) is 13.3 Å². The predicted molar refractivity (Wildman–Crippen MR) is 54.2 cm³/mol. The van der Waals surface area contributed by atoms with Crippen molar-refractivity contribution < 1.29 is 14.3 Å². The van der Waals surface area contributed by atoms with Crippen molar-refractivity contribution in [2.75, 3.05) is 13.7 Å². The molecule has 5 nitrogen and oxygen atoms in total. The molecule has 0 aromatic rings. The summed E-state index contributed by atoms with van der Waals surface area (Å²) in [5, 5.41) is 2.87. The Bertz CT molecular complexity index is 259. The maximum absolute atomic E-state index is 11.6. The van der Waals surface area contributed by atoms with Gasteiger partial charge in [0.2, 0.25) is 5.91 Å². The fourth-order valence-corrected chi connectivity index (χ4v) is 2.32. The fourth-order valence-electron chi connectivity index (χ4n) is 2.32. The summed E-state index contributed by atoms with van der Waals surface area (Å²) in [5.41, 5.74) is 5.96. The van der Waals surface area contributed by atoms with E-state index in [2.05, 4.69) is 5.32 Å². The molecule has 1 saturated carbocycles. The molecule has 2 fully saturated rings. The van der Waals surface area contributed by atoms with Gasteiger partial charge >= 0.3 is 0 Å². The number of carbonyl (C=O) groups is 1. The molecule has 2 rings (SSSR count). The summed E-state index contributed by atoms with van der Waals surface area (Å²) >= 11 is 0. The largest absolute Gasteiger partial charge is 0.376 e. The zero-order chi connectivity index (χ0) is 11.0. The van der Waals surface area contributed by atoms with Crippen LogP contribution >= 0.6 is 0 Å². The van der Waals surface area contributed by atoms with Gasteiger partial charge in [0.25, 0.3) is 0 Å². The minimum atomic E-state index is -0.433. The van der Waals surface area contributed by atoms with Crippen LogP contribution in [0.1, 0.15) is 13.3 Å². The molecule has 5 atom stereocenters. The zero-order valence-electron chi connectivity index (χ0n) is 9.10. The summed E-state index contributed by atoms with van der Waals surface area (Å²) in [6.07, 6.45) is 0.698. The standard InChI is InChI=1S/C10H18N2O3/c1-5(14-2)10(13)12-8-7(11)6-3-4-15-9(6)8/h5-9H,3-4,11H2,1-2H3,(H,12,13). The van der Waals surface area contributed by atoms with Crippen molar-refractivity contribution in [3.05, 3.63) is 0 Å². The molecule has 0 aromatic carbocycles. The lowest BCUT2D eigenvalue weighted by atomic mass is 9.72. The van der Waals surface area contributed by atoms with Gasteiger partial charge in [0.1, 0.15) is 6.10 Å². The van der Waals surface area contributed by atoms with Crippen LogP contribution in [0, 0.1) is 5.92 Å². The molecule has 0 aromatic heterocycles. The van der Waals surface area contributed by atoms with Gasteiger partial charge in [0, 0.05) is 25.7 Å². The van der Waals surface area contributed by atoms with Crippen LogP contribution in [-0.2, 0) is 14.3 Å². The SMILES string of the molecule is COC(C)C(=O)NC1C(N)C2CCOC21. The Balaban J connectivity index is 1.88. The minimum Gasteiger partial charge on any atom is -0.376 e. The van der Waals surface area contributed by atoms with E-state index in [1.165, 1.54) is 7.11 Å². The van der Waals surface area contributed by atoms with Gasteiger partial charge in [-0.25, -0.2) is 0 Å². The second-order valence-electron chi connectivity index (χ2n) is 4.28. The number of nitrogens with two attached hydrogens (primary N) is 1. The first-order valence-electron chi connectivity index (χ1n) is 5.35. The van der Waals surface area contributed by atoms with Crippen molar-refractivity contribution in [3.63, 3.8) is 0 Å². The van der Waals surface area contributed by atoms with E-state index in [-0.39, 0.29) is 24.1 Å². The first kappa shape index (κ1) is 10.9. The monoisotopic (exact) mass is 214 g/mol. The van der Waals surface area contributed by atoms with Crippen LogP contribution in [0.15, 0.2) is 0 Å². The van der Waals surface area contributed by atoms with Gasteiger partial charge < -0.3 is 20.5 Å². The second kappa shape index (κ2) is 4.08. The Labute approximate surface area is 89.3 Å². The number of hydrogen-bond donors (Lipinski definition) is 2. The van der Waals surface area contributed by atoms with Crippen molar-refractivity contribution in [2.45, 2.75) is 37.6 Å². The highest BCUT2D eigenvalue weighted by Gasteiger charge is 2.52. The summed E-state index contributed by atoms with van der Waals surface area (Å²) in [5.74, 6) is 0.306. The Kier molecular flexibility index (Phi) is 2.95. The topological polar surface area (TPSA) is 73.6 Å². The molecule has 0 radical (unpaired) electrons. The van der Waals surface area contributed by atoms with E-state index in [9.17, 15) is 4.79 Å². The van der Waals surface area contributed by atoms with Crippen LogP contribution < -0.4 is 11.1 Å². The quantitative estimate of drug-likeness (QED) is 0.648. The maximum atomic E-state index is 11.6. The van der Waals surface area contributed by atoms with E-state index in [0.29, 0.717) is 5.92 Å². The Morgan fingerprint density at radius 3 is 3.07 bits per heavy atom. The van der Waals surface area contributed by atoms with Crippen LogP contribution in [0.4, 0.5) is 0 Å². The van der Waals surface area contributed by atoms with Crippen molar-refractivity contribution in [3.8, 4) is 0 Å². The number of amides is 1. The normalized spacial score (nSPS) is 40.5. The summed E-state index contributed by atoms with van der Waals surface area (Å²) < 4.78 is 10.4. The lowest BCUT2D eigenvalue weighted by Gasteiger charge is -2.45. The molecule has 3 N–H and O–H groups in total. The van der Waals surface area contributed by atoms with Gasteiger partial charge in [0.15, 0.2) is 0 Å². The summed E-state index contributed by atoms with van der Waals surface area (Å²) in [4.78, 5) is 11.6. The number of hydrogen-bond acceptors (Lipinski definition) is 4. The van der Waals surface area contributed by atoms with E-state index in [0.717, 1.165) is 13.0 Å². The van der Waals surface area contributed by atoms with Crippen molar-refractivity contribution in [1.82, 2.24) is 5.32 Å². The van der Waals surface area contributed by atoms with Gasteiger partial charge in [-0.2, -0.15) is 0 Å². The number of nitrogens with one attached hydrogen (secondary N) is 1. The molecule has 15 heavy (non-hydrogen) atoms. The van der Waals surface area contributed by atoms with E-state index in [1.807, 2.05) is 0 Å². The fraction of sp³-hybridized carbons (Fsp3) is 0.900. The Hall–Kier alpha value is -0.650. The molecule has 2 aliphatic rings. The summed E-state index contributed by atoms with van der Waals surface area (Å²) in [6, 6.07) is -0.00638. The van der Waals surface area contributed by atoms with Crippen molar-refractivity contribution in [1.29, 1.82) is 0 Å². The molecule has 1 aliphatic heterocycles. The molecule has 1 heterocycles. The molecule has 5 unspecified atom stereocenters. The lowest BCUT2D eigenvalue weighted by Crippen LogP contribution is -2.69. The molecule has 1 aliphatic carbocycles. The van der Waals surface area contributed by atoms with E-state index in [1.54, 1.807) is 6.92 Å². The summed E-state index contributed by atoms with van der Waals surface area (Å²) in [7, 11) is 1.51. The maximum Gasteiger partial charge on any atom is 0.249 e. The van der Waals surface area contributed by atoms with Crippen LogP contribution in [0.2, 0.25) is 0 Å². The second-order valence-corrected chi connectivity index (χ2v) is 4.28. The third-order valence-electron chi connectivity index (χ3n) is 3.48. The number of ether oxygens (including phenoxy) is 2. The van der Waals surface area contributed by atoms with E-state index < -0.39 is 6.10 Å². The Morgan fingerprint density at radius 1 is 1.67 bits per heavy atom. The van der Waals surface area contributed by atoms with Gasteiger partial charge in [0.05, 0.1) is 12.1 Å². The summed E-state index contributed by atoms with van der Waals surface area (Å²) in [6.45, 7) is 2.47. The van der Waals surface area contributed by atoms with Crippen LogP contribution in [-0.4, -0.2) is 43.9 Å². The van der Waals surface area contributed by atoms with Crippen LogP contribution in [0.3, 0.4) is 0 Å². The van der Waals surface area contributed by atoms with E-state index in [4.69, 9.17) is 15.2 Å². The first-order chi connectivity index (χ1) is 7.15. The highest BCUT2D eigenvalue weighted by atomic mass is 16.5. The van der Waals surface area contributed by atoms with Gasteiger partial charge in [-0.3, -0.25) is 4.79 Å². The Morgan fingerprint density at radius 2 is 2.40 bits per heavy atom. The molecule has 86 valence electrons. The molecular weight excluding hydrogens is 196 g/mol. The van der Waals surface area contributed by atoms with Crippen LogP contribution in [0.25, 0.3) is 0 Å². The third-order valence-corrected chi connectivity index (χ3v) is 3.48.